The Hall–Kier alpha value is -1.62. The molecule has 3 unspecified atom stereocenters. The van der Waals surface area contributed by atoms with E-state index in [1.807, 2.05) is 18.0 Å². The molecule has 1 heterocycles. The van der Waals surface area contributed by atoms with Gasteiger partial charge in [0.2, 0.25) is 5.91 Å². The predicted octanol–water partition coefficient (Wildman–Crippen LogP) is 3.59. The first-order valence-corrected chi connectivity index (χ1v) is 11.1. The number of nitrogens with zero attached hydrogens (tertiary/aromatic N) is 1. The van der Waals surface area contributed by atoms with Crippen molar-refractivity contribution in [2.24, 2.45) is 11.3 Å². The summed E-state index contributed by atoms with van der Waals surface area (Å²) < 4.78 is 26.1. The maximum absolute atomic E-state index is 13.0. The molecule has 0 radical (unpaired) electrons. The molecule has 0 bridgehead atoms. The standard InChI is InChI=1S/C21H27NO3S/c1-21-13-12-20(23)22(2)19(21)11-8-15-14-17(9-10-18(15)21)26(24,25)16-6-4-3-5-7-16/h3-7,10,15,17,19H,8-9,11-14H2,1-2H3/t15?,17?,19?,21-/m1/s1. The van der Waals surface area contributed by atoms with Crippen LogP contribution < -0.4 is 0 Å². The molecule has 1 aromatic rings. The Bertz CT molecular complexity index is 845. The van der Waals surface area contributed by atoms with Gasteiger partial charge in [0.25, 0.3) is 0 Å². The highest BCUT2D eigenvalue weighted by atomic mass is 32.2. The molecule has 1 amide bonds. The van der Waals surface area contributed by atoms with Crippen LogP contribution in [0.5, 0.6) is 0 Å². The van der Waals surface area contributed by atoms with Crippen LogP contribution in [-0.2, 0) is 14.6 Å². The van der Waals surface area contributed by atoms with Gasteiger partial charge in [-0.25, -0.2) is 8.42 Å². The molecule has 2 fully saturated rings. The van der Waals surface area contributed by atoms with Gasteiger partial charge in [0, 0.05) is 24.9 Å². The van der Waals surface area contributed by atoms with Crippen LogP contribution in [0.15, 0.2) is 46.9 Å². The van der Waals surface area contributed by atoms with Gasteiger partial charge in [0.1, 0.15) is 0 Å². The molecule has 1 saturated heterocycles. The van der Waals surface area contributed by atoms with Crippen LogP contribution in [0.3, 0.4) is 0 Å². The minimum Gasteiger partial charge on any atom is -0.342 e. The van der Waals surface area contributed by atoms with Crippen LogP contribution in [-0.4, -0.2) is 37.6 Å². The van der Waals surface area contributed by atoms with Gasteiger partial charge in [-0.05, 0) is 50.2 Å². The van der Waals surface area contributed by atoms with Gasteiger partial charge in [-0.2, -0.15) is 0 Å². The maximum atomic E-state index is 13.0. The van der Waals surface area contributed by atoms with E-state index >= 15 is 0 Å². The number of allylic oxidation sites excluding steroid dienone is 1. The van der Waals surface area contributed by atoms with Gasteiger partial charge in [0.05, 0.1) is 10.1 Å². The zero-order valence-electron chi connectivity index (χ0n) is 15.5. The normalized spacial score (nSPS) is 34.7. The van der Waals surface area contributed by atoms with Crippen LogP contribution in [0.25, 0.3) is 0 Å². The van der Waals surface area contributed by atoms with Crippen LogP contribution in [0.2, 0.25) is 0 Å². The van der Waals surface area contributed by atoms with Crippen molar-refractivity contribution >= 4 is 15.7 Å². The van der Waals surface area contributed by atoms with Gasteiger partial charge >= 0.3 is 0 Å². The summed E-state index contributed by atoms with van der Waals surface area (Å²) in [5.41, 5.74) is 1.42. The van der Waals surface area contributed by atoms with Crippen molar-refractivity contribution in [3.8, 4) is 0 Å². The molecule has 4 atom stereocenters. The van der Waals surface area contributed by atoms with Crippen molar-refractivity contribution in [3.63, 3.8) is 0 Å². The van der Waals surface area contributed by atoms with Gasteiger partial charge in [0.15, 0.2) is 9.84 Å². The molecule has 1 aromatic carbocycles. The number of fused-ring (bicyclic) bond motifs is 3. The van der Waals surface area contributed by atoms with Gasteiger partial charge in [-0.15, -0.1) is 0 Å². The Morgan fingerprint density at radius 3 is 2.62 bits per heavy atom. The van der Waals surface area contributed by atoms with Crippen molar-refractivity contribution in [2.75, 3.05) is 7.05 Å². The molecule has 3 aliphatic rings. The highest BCUT2D eigenvalue weighted by Crippen LogP contribution is 2.54. The van der Waals surface area contributed by atoms with E-state index in [-0.39, 0.29) is 22.6 Å². The number of carbonyl (C=O) groups is 1. The van der Waals surface area contributed by atoms with Crippen molar-refractivity contribution < 1.29 is 13.2 Å². The van der Waals surface area contributed by atoms with E-state index < -0.39 is 9.84 Å². The minimum atomic E-state index is -3.29. The molecule has 5 heteroatoms. The minimum absolute atomic E-state index is 0.00700. The number of rotatable bonds is 2. The lowest BCUT2D eigenvalue weighted by Gasteiger charge is -2.54. The summed E-state index contributed by atoms with van der Waals surface area (Å²) in [5.74, 6) is 0.571. The number of hydrogen-bond acceptors (Lipinski definition) is 3. The summed E-state index contributed by atoms with van der Waals surface area (Å²) in [6.45, 7) is 2.28. The quantitative estimate of drug-likeness (QED) is 0.745. The summed E-state index contributed by atoms with van der Waals surface area (Å²) in [7, 11) is -1.36. The molecule has 0 N–H and O–H groups in total. The Kier molecular flexibility index (Phi) is 4.25. The molecule has 4 nitrogen and oxygen atoms in total. The number of carbonyl (C=O) groups excluding carboxylic acids is 1. The molecular formula is C21H27NO3S. The highest BCUT2D eigenvalue weighted by molar-refractivity contribution is 7.92. The largest absolute Gasteiger partial charge is 0.342 e. The fraction of sp³-hybridized carbons (Fsp3) is 0.571. The lowest BCUT2D eigenvalue weighted by atomic mass is 9.58. The van der Waals surface area contributed by atoms with Crippen LogP contribution in [0.4, 0.5) is 0 Å². The van der Waals surface area contributed by atoms with E-state index in [9.17, 15) is 13.2 Å². The zero-order chi connectivity index (χ0) is 18.5. The molecule has 0 aromatic heterocycles. The number of sulfone groups is 1. The second kappa shape index (κ2) is 6.22. The van der Waals surface area contributed by atoms with E-state index in [1.54, 1.807) is 24.3 Å². The number of amides is 1. The molecular weight excluding hydrogens is 346 g/mol. The second-order valence-electron chi connectivity index (χ2n) is 8.32. The number of likely N-dealkylation sites (tertiary alicyclic amines) is 1. The summed E-state index contributed by atoms with van der Waals surface area (Å²) in [5, 5.41) is -0.332. The van der Waals surface area contributed by atoms with E-state index in [1.165, 1.54) is 5.57 Å². The molecule has 1 saturated carbocycles. The first kappa shape index (κ1) is 17.8. The smallest absolute Gasteiger partial charge is 0.222 e. The fourth-order valence-electron chi connectivity index (χ4n) is 5.51. The SMILES string of the molecule is CN1C(=O)CC[C@]2(C)C3=CCC(S(=O)(=O)c4ccccc4)CC3CCC12. The summed E-state index contributed by atoms with van der Waals surface area (Å²) >= 11 is 0. The number of benzene rings is 1. The lowest BCUT2D eigenvalue weighted by Crippen LogP contribution is -2.56. The highest BCUT2D eigenvalue weighted by Gasteiger charge is 2.51. The van der Waals surface area contributed by atoms with Crippen LogP contribution in [0.1, 0.15) is 45.4 Å². The predicted molar refractivity (Wildman–Crippen MR) is 101 cm³/mol. The van der Waals surface area contributed by atoms with Crippen molar-refractivity contribution in [2.45, 2.75) is 61.6 Å². The van der Waals surface area contributed by atoms with E-state index in [0.29, 0.717) is 30.1 Å². The molecule has 0 spiro atoms. The van der Waals surface area contributed by atoms with Crippen molar-refractivity contribution in [3.05, 3.63) is 42.0 Å². The molecule has 4 rings (SSSR count). The average molecular weight is 374 g/mol. The third kappa shape index (κ3) is 2.63. The molecule has 1 aliphatic heterocycles. The number of piperidine rings is 1. The second-order valence-corrected chi connectivity index (χ2v) is 10.6. The summed E-state index contributed by atoms with van der Waals surface area (Å²) in [6, 6.07) is 9.09. The monoisotopic (exact) mass is 373 g/mol. The molecule has 140 valence electrons. The van der Waals surface area contributed by atoms with E-state index in [0.717, 1.165) is 19.3 Å². The van der Waals surface area contributed by atoms with Gasteiger partial charge in [-0.3, -0.25) is 4.79 Å². The van der Waals surface area contributed by atoms with Crippen molar-refractivity contribution in [1.29, 1.82) is 0 Å². The fourth-order valence-corrected chi connectivity index (χ4v) is 7.27. The third-order valence-corrected chi connectivity index (χ3v) is 9.19. The Morgan fingerprint density at radius 2 is 1.88 bits per heavy atom. The molecule has 26 heavy (non-hydrogen) atoms. The summed E-state index contributed by atoms with van der Waals surface area (Å²) in [6.07, 6.45) is 6.93. The van der Waals surface area contributed by atoms with Gasteiger partial charge in [-0.1, -0.05) is 36.8 Å². The zero-order valence-corrected chi connectivity index (χ0v) is 16.3. The Morgan fingerprint density at radius 1 is 1.15 bits per heavy atom. The van der Waals surface area contributed by atoms with Crippen LogP contribution in [0, 0.1) is 11.3 Å². The average Bonchev–Trinajstić information content (AvgIpc) is 2.65. The Labute approximate surface area is 156 Å². The Balaban J connectivity index is 1.63. The van der Waals surface area contributed by atoms with E-state index in [4.69, 9.17) is 0 Å². The molecule has 2 aliphatic carbocycles. The van der Waals surface area contributed by atoms with E-state index in [2.05, 4.69) is 13.0 Å². The topological polar surface area (TPSA) is 54.5 Å². The van der Waals surface area contributed by atoms with Crippen LogP contribution >= 0.6 is 0 Å². The first-order chi connectivity index (χ1) is 12.3. The first-order valence-electron chi connectivity index (χ1n) is 9.59. The third-order valence-electron chi connectivity index (χ3n) is 7.00. The van der Waals surface area contributed by atoms with Gasteiger partial charge < -0.3 is 4.90 Å². The maximum Gasteiger partial charge on any atom is 0.222 e. The summed E-state index contributed by atoms with van der Waals surface area (Å²) in [4.78, 5) is 14.5. The number of hydrogen-bond donors (Lipinski definition) is 0. The van der Waals surface area contributed by atoms with Crippen molar-refractivity contribution in [1.82, 2.24) is 4.90 Å². The lowest BCUT2D eigenvalue weighted by molar-refractivity contribution is -0.140.